The van der Waals surface area contributed by atoms with Crippen LogP contribution in [0.3, 0.4) is 0 Å². The molecule has 5 N–H and O–H groups in total. The molecule has 0 aliphatic carbocycles. The first-order chi connectivity index (χ1) is 5.74. The summed E-state index contributed by atoms with van der Waals surface area (Å²) in [5.41, 5.74) is 12.8. The van der Waals surface area contributed by atoms with E-state index in [2.05, 4.69) is 27.9 Å². The van der Waals surface area contributed by atoms with Crippen molar-refractivity contribution in [3.63, 3.8) is 0 Å². The first-order valence-electron chi connectivity index (χ1n) is 3.73. The molecule has 0 unspecified atom stereocenters. The van der Waals surface area contributed by atoms with Crippen molar-refractivity contribution in [1.29, 1.82) is 0 Å². The third-order valence-corrected chi connectivity index (χ3v) is 2.35. The average molecular weight is 277 g/mol. The van der Waals surface area contributed by atoms with Gasteiger partial charge in [0.05, 0.1) is 0 Å². The zero-order chi connectivity index (χ0) is 8.97. The van der Waals surface area contributed by atoms with Gasteiger partial charge in [-0.1, -0.05) is 0 Å². The molecule has 66 valence electrons. The quantitative estimate of drug-likeness (QED) is 0.575. The third kappa shape index (κ3) is 2.53. The Balaban J connectivity index is 2.72. The van der Waals surface area contributed by atoms with Gasteiger partial charge >= 0.3 is 0 Å². The van der Waals surface area contributed by atoms with Crippen molar-refractivity contribution in [3.05, 3.63) is 21.8 Å². The molecule has 0 amide bonds. The first-order valence-corrected chi connectivity index (χ1v) is 4.81. The SMILES string of the molecule is NCCNc1ccc(N)cc1I. The summed E-state index contributed by atoms with van der Waals surface area (Å²) in [5.74, 6) is 0. The van der Waals surface area contributed by atoms with Gasteiger partial charge in [0.15, 0.2) is 0 Å². The van der Waals surface area contributed by atoms with Crippen LogP contribution < -0.4 is 16.8 Å². The molecular weight excluding hydrogens is 265 g/mol. The molecule has 3 nitrogen and oxygen atoms in total. The summed E-state index contributed by atoms with van der Waals surface area (Å²) in [6, 6.07) is 5.77. The van der Waals surface area contributed by atoms with Gasteiger partial charge in [-0.25, -0.2) is 0 Å². The third-order valence-electron chi connectivity index (χ3n) is 1.45. The van der Waals surface area contributed by atoms with E-state index in [0.717, 1.165) is 21.5 Å². The van der Waals surface area contributed by atoms with E-state index in [-0.39, 0.29) is 0 Å². The summed E-state index contributed by atoms with van der Waals surface area (Å²) in [5, 5.41) is 3.20. The minimum absolute atomic E-state index is 0.639. The van der Waals surface area contributed by atoms with Gasteiger partial charge in [0, 0.05) is 28.0 Å². The maximum atomic E-state index is 5.60. The predicted octanol–water partition coefficient (Wildman–Crippen LogP) is 1.24. The van der Waals surface area contributed by atoms with Gasteiger partial charge < -0.3 is 16.8 Å². The summed E-state index contributed by atoms with van der Waals surface area (Å²) in [6.45, 7) is 1.43. The highest BCUT2D eigenvalue weighted by molar-refractivity contribution is 14.1. The zero-order valence-corrected chi connectivity index (χ0v) is 8.84. The predicted molar refractivity (Wildman–Crippen MR) is 61.1 cm³/mol. The second kappa shape index (κ2) is 4.51. The van der Waals surface area contributed by atoms with E-state index >= 15 is 0 Å². The van der Waals surface area contributed by atoms with Crippen molar-refractivity contribution < 1.29 is 0 Å². The van der Waals surface area contributed by atoms with Crippen LogP contribution in [0.15, 0.2) is 18.2 Å². The van der Waals surface area contributed by atoms with E-state index < -0.39 is 0 Å². The summed E-state index contributed by atoms with van der Waals surface area (Å²) in [7, 11) is 0. The molecule has 0 aliphatic heterocycles. The second-order valence-electron chi connectivity index (χ2n) is 2.45. The maximum absolute atomic E-state index is 5.60. The molecule has 0 atom stereocenters. The van der Waals surface area contributed by atoms with Gasteiger partial charge in [0.2, 0.25) is 0 Å². The van der Waals surface area contributed by atoms with Gasteiger partial charge in [0.1, 0.15) is 0 Å². The van der Waals surface area contributed by atoms with Gasteiger partial charge in [-0.2, -0.15) is 0 Å². The Morgan fingerprint density at radius 3 is 2.75 bits per heavy atom. The molecular formula is C8H12IN3. The number of nitrogens with one attached hydrogen (secondary N) is 1. The van der Waals surface area contributed by atoms with Crippen LogP contribution in [-0.2, 0) is 0 Å². The Bertz CT molecular complexity index is 262. The van der Waals surface area contributed by atoms with Gasteiger partial charge in [0.25, 0.3) is 0 Å². The van der Waals surface area contributed by atoms with E-state index in [0.29, 0.717) is 6.54 Å². The lowest BCUT2D eigenvalue weighted by molar-refractivity contribution is 1.02. The van der Waals surface area contributed by atoms with E-state index in [1.54, 1.807) is 0 Å². The van der Waals surface area contributed by atoms with Crippen molar-refractivity contribution in [1.82, 2.24) is 0 Å². The van der Waals surface area contributed by atoms with E-state index in [4.69, 9.17) is 11.5 Å². The lowest BCUT2D eigenvalue weighted by Gasteiger charge is -2.07. The number of nitrogens with two attached hydrogens (primary N) is 2. The molecule has 4 heteroatoms. The Morgan fingerprint density at radius 1 is 1.42 bits per heavy atom. The molecule has 1 rings (SSSR count). The highest BCUT2D eigenvalue weighted by Crippen LogP contribution is 2.20. The number of nitrogen functional groups attached to an aromatic ring is 1. The monoisotopic (exact) mass is 277 g/mol. The molecule has 0 saturated carbocycles. The molecule has 1 aromatic carbocycles. The van der Waals surface area contributed by atoms with Crippen LogP contribution >= 0.6 is 22.6 Å². The Labute approximate surface area is 85.7 Å². The smallest absolute Gasteiger partial charge is 0.0477 e. The van der Waals surface area contributed by atoms with Crippen molar-refractivity contribution >= 4 is 34.0 Å². The van der Waals surface area contributed by atoms with Crippen LogP contribution in [0.2, 0.25) is 0 Å². The summed E-state index contributed by atoms with van der Waals surface area (Å²) in [4.78, 5) is 0. The fourth-order valence-electron chi connectivity index (χ4n) is 0.882. The van der Waals surface area contributed by atoms with Crippen LogP contribution in [-0.4, -0.2) is 13.1 Å². The second-order valence-corrected chi connectivity index (χ2v) is 3.62. The Hall–Kier alpha value is -0.490. The summed E-state index contributed by atoms with van der Waals surface area (Å²) >= 11 is 2.24. The number of benzene rings is 1. The van der Waals surface area contributed by atoms with Crippen LogP contribution in [0.25, 0.3) is 0 Å². The highest BCUT2D eigenvalue weighted by Gasteiger charge is 1.97. The zero-order valence-electron chi connectivity index (χ0n) is 6.68. The Kier molecular flexibility index (Phi) is 3.61. The number of rotatable bonds is 3. The fourth-order valence-corrected chi connectivity index (χ4v) is 1.61. The van der Waals surface area contributed by atoms with Gasteiger partial charge in [-0.05, 0) is 40.8 Å². The minimum atomic E-state index is 0.639. The van der Waals surface area contributed by atoms with Crippen LogP contribution in [0, 0.1) is 3.57 Å². The summed E-state index contributed by atoms with van der Waals surface area (Å²) in [6.07, 6.45) is 0. The van der Waals surface area contributed by atoms with Gasteiger partial charge in [-0.15, -0.1) is 0 Å². The number of hydrogen-bond donors (Lipinski definition) is 3. The highest BCUT2D eigenvalue weighted by atomic mass is 127. The molecule has 0 saturated heterocycles. The van der Waals surface area contributed by atoms with Crippen LogP contribution in [0.5, 0.6) is 0 Å². The maximum Gasteiger partial charge on any atom is 0.0477 e. The topological polar surface area (TPSA) is 64.1 Å². The number of halogens is 1. The standard InChI is InChI=1S/C8H12IN3/c9-7-5-6(11)1-2-8(7)12-4-3-10/h1-2,5,12H,3-4,10-11H2. The number of hydrogen-bond acceptors (Lipinski definition) is 3. The van der Waals surface area contributed by atoms with Crippen molar-refractivity contribution in [3.8, 4) is 0 Å². The van der Waals surface area contributed by atoms with E-state index in [1.165, 1.54) is 0 Å². The lowest BCUT2D eigenvalue weighted by atomic mass is 10.3. The lowest BCUT2D eigenvalue weighted by Crippen LogP contribution is -2.13. The van der Waals surface area contributed by atoms with Gasteiger partial charge in [-0.3, -0.25) is 0 Å². The van der Waals surface area contributed by atoms with Crippen LogP contribution in [0.1, 0.15) is 0 Å². The molecule has 0 radical (unpaired) electrons. The molecule has 0 heterocycles. The van der Waals surface area contributed by atoms with E-state index in [9.17, 15) is 0 Å². The average Bonchev–Trinajstić information content (AvgIpc) is 2.03. The minimum Gasteiger partial charge on any atom is -0.399 e. The molecule has 0 aliphatic rings. The molecule has 0 bridgehead atoms. The largest absolute Gasteiger partial charge is 0.399 e. The summed E-state index contributed by atoms with van der Waals surface area (Å²) < 4.78 is 1.13. The van der Waals surface area contributed by atoms with Crippen LogP contribution in [0.4, 0.5) is 11.4 Å². The molecule has 0 aromatic heterocycles. The molecule has 0 spiro atoms. The first kappa shape index (κ1) is 9.60. The van der Waals surface area contributed by atoms with Crippen molar-refractivity contribution in [2.75, 3.05) is 24.1 Å². The normalized spacial score (nSPS) is 9.83. The molecule has 0 fully saturated rings. The molecule has 12 heavy (non-hydrogen) atoms. The van der Waals surface area contributed by atoms with Crippen molar-refractivity contribution in [2.24, 2.45) is 5.73 Å². The number of anilines is 2. The fraction of sp³-hybridized carbons (Fsp3) is 0.250. The molecule has 1 aromatic rings. The van der Waals surface area contributed by atoms with E-state index in [1.807, 2.05) is 18.2 Å². The Morgan fingerprint density at radius 2 is 2.17 bits per heavy atom. The van der Waals surface area contributed by atoms with Crippen molar-refractivity contribution in [2.45, 2.75) is 0 Å².